The molecule has 26 heavy (non-hydrogen) atoms. The highest BCUT2D eigenvalue weighted by atomic mass is 16.5. The van der Waals surface area contributed by atoms with Gasteiger partial charge in [-0.15, -0.1) is 0 Å². The van der Waals surface area contributed by atoms with Crippen LogP contribution in [-0.4, -0.2) is 28.4 Å². The van der Waals surface area contributed by atoms with Gasteiger partial charge in [-0.2, -0.15) is 0 Å². The Morgan fingerprint density at radius 2 is 0.769 bits per heavy atom. The number of fused-ring (bicyclic) bond motifs is 2. The van der Waals surface area contributed by atoms with Crippen LogP contribution >= 0.6 is 0 Å². The molecule has 3 aromatic carbocycles. The largest absolute Gasteiger partial charge is 0.493 e. The van der Waals surface area contributed by atoms with Gasteiger partial charge in [-0.3, -0.25) is 0 Å². The third-order valence-corrected chi connectivity index (χ3v) is 4.62. The average molecular weight is 350 g/mol. The molecule has 0 atom stereocenters. The van der Waals surface area contributed by atoms with Crippen LogP contribution in [0.25, 0.3) is 33.7 Å². The Kier molecular flexibility index (Phi) is 4.76. The summed E-state index contributed by atoms with van der Waals surface area (Å²) in [5.41, 5.74) is 1.98. The second-order valence-corrected chi connectivity index (χ2v) is 5.74. The van der Waals surface area contributed by atoms with E-state index in [1.807, 2.05) is 36.4 Å². The lowest BCUT2D eigenvalue weighted by Crippen LogP contribution is -1.96. The minimum atomic E-state index is 0.665. The Bertz CT molecular complexity index is 863. The summed E-state index contributed by atoms with van der Waals surface area (Å²) in [6.07, 6.45) is 3.69. The fourth-order valence-corrected chi connectivity index (χ4v) is 3.38. The smallest absolute Gasteiger partial charge is 0.161 e. The zero-order chi connectivity index (χ0) is 18.8. The van der Waals surface area contributed by atoms with Crippen LogP contribution in [0, 0.1) is 0 Å². The molecule has 0 heterocycles. The zero-order valence-electron chi connectivity index (χ0n) is 15.5. The summed E-state index contributed by atoms with van der Waals surface area (Å²) in [4.78, 5) is 0. The molecule has 3 rings (SSSR count). The molecule has 0 aliphatic carbocycles. The molecule has 0 aliphatic heterocycles. The third kappa shape index (κ3) is 2.54. The molecule has 0 aliphatic rings. The molecule has 0 unspecified atom stereocenters. The summed E-state index contributed by atoms with van der Waals surface area (Å²) in [6.45, 7) is 8.03. The second kappa shape index (κ2) is 7.00. The van der Waals surface area contributed by atoms with Crippen LogP contribution in [-0.2, 0) is 0 Å². The Balaban J connectivity index is 2.59. The monoisotopic (exact) mass is 350 g/mol. The molecule has 0 N–H and O–H groups in total. The average Bonchev–Trinajstić information content (AvgIpc) is 2.69. The molecule has 0 fully saturated rings. The Morgan fingerprint density at radius 3 is 0.923 bits per heavy atom. The second-order valence-electron chi connectivity index (χ2n) is 5.74. The van der Waals surface area contributed by atoms with Gasteiger partial charge in [0.15, 0.2) is 23.0 Å². The Labute approximate surface area is 153 Å². The van der Waals surface area contributed by atoms with E-state index in [4.69, 9.17) is 18.9 Å². The topological polar surface area (TPSA) is 36.9 Å². The molecule has 0 saturated carbocycles. The number of rotatable bonds is 6. The van der Waals surface area contributed by atoms with Crippen LogP contribution in [0.15, 0.2) is 37.4 Å². The van der Waals surface area contributed by atoms with Crippen molar-refractivity contribution in [2.45, 2.75) is 0 Å². The first-order chi connectivity index (χ1) is 12.6. The maximum Gasteiger partial charge on any atom is 0.161 e. The highest BCUT2D eigenvalue weighted by Gasteiger charge is 2.17. The molecule has 4 nitrogen and oxygen atoms in total. The minimum Gasteiger partial charge on any atom is -0.493 e. The fraction of sp³-hybridized carbons (Fsp3) is 0.182. The fourth-order valence-electron chi connectivity index (χ4n) is 3.38. The van der Waals surface area contributed by atoms with Gasteiger partial charge >= 0.3 is 0 Å². The van der Waals surface area contributed by atoms with E-state index in [-0.39, 0.29) is 0 Å². The molecule has 4 heteroatoms. The van der Waals surface area contributed by atoms with Crippen LogP contribution in [0.5, 0.6) is 23.0 Å². The molecule has 0 aromatic heterocycles. The van der Waals surface area contributed by atoms with Gasteiger partial charge in [0, 0.05) is 0 Å². The molecule has 0 radical (unpaired) electrons. The molecular formula is C22H22O4. The standard InChI is InChI=1S/C22H22O4/c1-7-13-15-9-19(23-3)21(25-5)11-17(15)14(8-2)18-12-22(26-6)20(24-4)10-16(13)18/h7-12H,1-2H2,3-6H3. The first kappa shape index (κ1) is 17.7. The highest BCUT2D eigenvalue weighted by Crippen LogP contribution is 2.43. The Hall–Kier alpha value is -3.14. The van der Waals surface area contributed by atoms with E-state index >= 15 is 0 Å². The van der Waals surface area contributed by atoms with Crippen LogP contribution in [0.2, 0.25) is 0 Å². The first-order valence-corrected chi connectivity index (χ1v) is 8.15. The van der Waals surface area contributed by atoms with Gasteiger partial charge in [0.2, 0.25) is 0 Å². The zero-order valence-corrected chi connectivity index (χ0v) is 15.5. The predicted molar refractivity (Wildman–Crippen MR) is 108 cm³/mol. The molecular weight excluding hydrogens is 328 g/mol. The molecule has 0 amide bonds. The van der Waals surface area contributed by atoms with Crippen LogP contribution in [0.1, 0.15) is 11.1 Å². The molecule has 0 saturated heterocycles. The van der Waals surface area contributed by atoms with Gasteiger partial charge < -0.3 is 18.9 Å². The van der Waals surface area contributed by atoms with E-state index < -0.39 is 0 Å². The van der Waals surface area contributed by atoms with E-state index in [9.17, 15) is 0 Å². The van der Waals surface area contributed by atoms with Crippen LogP contribution in [0.4, 0.5) is 0 Å². The van der Waals surface area contributed by atoms with Crippen LogP contribution < -0.4 is 18.9 Å². The maximum absolute atomic E-state index is 5.48. The lowest BCUT2D eigenvalue weighted by Gasteiger charge is -2.18. The van der Waals surface area contributed by atoms with Crippen molar-refractivity contribution in [3.05, 3.63) is 48.6 Å². The van der Waals surface area contributed by atoms with Crippen LogP contribution in [0.3, 0.4) is 0 Å². The summed E-state index contributed by atoms with van der Waals surface area (Å²) >= 11 is 0. The number of hydrogen-bond donors (Lipinski definition) is 0. The number of benzene rings is 3. The quantitative estimate of drug-likeness (QED) is 0.564. The van der Waals surface area contributed by atoms with Gasteiger partial charge in [-0.05, 0) is 56.9 Å². The van der Waals surface area contributed by atoms with Crippen molar-refractivity contribution in [3.8, 4) is 23.0 Å². The van der Waals surface area contributed by atoms with Gasteiger partial charge in [0.1, 0.15) is 0 Å². The molecule has 134 valence electrons. The van der Waals surface area contributed by atoms with E-state index in [1.54, 1.807) is 28.4 Å². The van der Waals surface area contributed by atoms with E-state index in [1.165, 1.54) is 0 Å². The highest BCUT2D eigenvalue weighted by molar-refractivity contribution is 6.14. The van der Waals surface area contributed by atoms with Crippen molar-refractivity contribution in [1.29, 1.82) is 0 Å². The molecule has 0 bridgehead atoms. The summed E-state index contributed by atoms with van der Waals surface area (Å²) in [6, 6.07) is 7.87. The number of methoxy groups -OCH3 is 4. The minimum absolute atomic E-state index is 0.665. The lowest BCUT2D eigenvalue weighted by molar-refractivity contribution is 0.355. The van der Waals surface area contributed by atoms with Crippen molar-refractivity contribution in [2.24, 2.45) is 0 Å². The molecule has 3 aromatic rings. The summed E-state index contributed by atoms with van der Waals surface area (Å²) in [5.74, 6) is 2.66. The first-order valence-electron chi connectivity index (χ1n) is 8.15. The Morgan fingerprint density at radius 1 is 0.538 bits per heavy atom. The van der Waals surface area contributed by atoms with Gasteiger partial charge in [-0.25, -0.2) is 0 Å². The SMILES string of the molecule is C=Cc1c2cc(OC)c(OC)cc2c(C=C)c2cc(OC)c(OC)cc12. The van der Waals surface area contributed by atoms with Crippen molar-refractivity contribution in [2.75, 3.05) is 28.4 Å². The summed E-state index contributed by atoms with van der Waals surface area (Å²) in [5, 5.41) is 4.03. The lowest BCUT2D eigenvalue weighted by atomic mass is 9.91. The van der Waals surface area contributed by atoms with Gasteiger partial charge in [-0.1, -0.05) is 25.3 Å². The third-order valence-electron chi connectivity index (χ3n) is 4.62. The van der Waals surface area contributed by atoms with Gasteiger partial charge in [0.25, 0.3) is 0 Å². The van der Waals surface area contributed by atoms with E-state index in [0.29, 0.717) is 23.0 Å². The van der Waals surface area contributed by atoms with E-state index in [2.05, 4.69) is 13.2 Å². The summed E-state index contributed by atoms with van der Waals surface area (Å²) < 4.78 is 21.9. The normalized spacial score (nSPS) is 10.6. The van der Waals surface area contributed by atoms with E-state index in [0.717, 1.165) is 32.7 Å². The molecule has 0 spiro atoms. The summed E-state index contributed by atoms with van der Waals surface area (Å²) in [7, 11) is 6.50. The maximum atomic E-state index is 5.48. The van der Waals surface area contributed by atoms with Crippen molar-refractivity contribution < 1.29 is 18.9 Å². The number of ether oxygens (including phenoxy) is 4. The van der Waals surface area contributed by atoms with Crippen molar-refractivity contribution >= 4 is 33.7 Å². The predicted octanol–water partition coefficient (Wildman–Crippen LogP) is 5.31. The van der Waals surface area contributed by atoms with Gasteiger partial charge in [0.05, 0.1) is 28.4 Å². The van der Waals surface area contributed by atoms with Crippen molar-refractivity contribution in [3.63, 3.8) is 0 Å². The van der Waals surface area contributed by atoms with Crippen molar-refractivity contribution in [1.82, 2.24) is 0 Å². The number of hydrogen-bond acceptors (Lipinski definition) is 4.